The molecule has 0 N–H and O–H groups in total. The number of rotatable bonds is 4. The Morgan fingerprint density at radius 1 is 0.773 bits per heavy atom. The van der Waals surface area contributed by atoms with Crippen LogP contribution in [0.15, 0.2) is 68.9 Å². The fraction of sp³-hybridized carbons (Fsp3) is 0.412. The highest BCUT2D eigenvalue weighted by Crippen LogP contribution is 2.43. The third kappa shape index (κ3) is 6.29. The number of hydrogen-bond donors (Lipinski definition) is 0. The van der Waals surface area contributed by atoms with Crippen LogP contribution in [0.4, 0.5) is 0 Å². The summed E-state index contributed by atoms with van der Waals surface area (Å²) in [5.74, 6) is -1.31. The first-order valence-electron chi connectivity index (χ1n) is 15.0. The van der Waals surface area contributed by atoms with E-state index in [2.05, 4.69) is 73.7 Å². The van der Waals surface area contributed by atoms with Gasteiger partial charge in [0, 0.05) is 46.3 Å². The fourth-order valence-corrected chi connectivity index (χ4v) is 7.68. The van der Waals surface area contributed by atoms with Gasteiger partial charge in [0.25, 0.3) is 0 Å². The van der Waals surface area contributed by atoms with E-state index in [9.17, 15) is 19.2 Å². The predicted molar refractivity (Wildman–Crippen MR) is 172 cm³/mol. The molecule has 2 aromatic carbocycles. The van der Waals surface area contributed by atoms with Gasteiger partial charge in [0.15, 0.2) is 11.6 Å². The van der Waals surface area contributed by atoms with E-state index in [1.807, 2.05) is 18.2 Å². The number of hydrogen-bond acceptors (Lipinski definition) is 8. The molecule has 4 aliphatic heterocycles. The van der Waals surface area contributed by atoms with Crippen molar-refractivity contribution in [2.75, 3.05) is 13.2 Å². The maximum absolute atomic E-state index is 12.4. The minimum absolute atomic E-state index is 0.0116. The van der Waals surface area contributed by atoms with E-state index in [0.717, 1.165) is 27.4 Å². The smallest absolute Gasteiger partial charge is 0.343 e. The lowest BCUT2D eigenvalue weighted by molar-refractivity contribution is -0.142. The van der Waals surface area contributed by atoms with E-state index in [-0.39, 0.29) is 60.1 Å². The Hall–Kier alpha value is -3.24. The number of ketones is 2. The highest BCUT2D eigenvalue weighted by atomic mass is 79.9. The second-order valence-electron chi connectivity index (χ2n) is 11.5. The van der Waals surface area contributed by atoms with Crippen LogP contribution in [0.5, 0.6) is 0 Å². The molecule has 10 heteroatoms. The van der Waals surface area contributed by atoms with Crippen LogP contribution in [-0.4, -0.2) is 58.6 Å². The minimum Gasteiger partial charge on any atom is -0.462 e. The van der Waals surface area contributed by atoms with E-state index >= 15 is 0 Å². The molecule has 0 fully saturated rings. The second-order valence-corrected chi connectivity index (χ2v) is 13.2. The van der Waals surface area contributed by atoms with E-state index < -0.39 is 11.9 Å². The number of esters is 2. The molecule has 232 valence electrons. The van der Waals surface area contributed by atoms with Crippen molar-refractivity contribution in [3.05, 3.63) is 91.1 Å². The van der Waals surface area contributed by atoms with Crippen molar-refractivity contribution in [2.24, 2.45) is 0 Å². The first-order chi connectivity index (χ1) is 21.0. The SMILES string of the molecule is CCOC(=O)C1=CN2C(C)Cc3cc(Br)ccc3C2CC1=O.CCOC(=O)C1=CN2C(C)Cc3cccc(Br)c3C2CC1=O. The number of carbonyl (C=O) groups excluding carboxylic acids is 4. The van der Waals surface area contributed by atoms with E-state index in [0.29, 0.717) is 12.8 Å². The third-order valence-corrected chi connectivity index (χ3v) is 9.80. The summed E-state index contributed by atoms with van der Waals surface area (Å²) in [5, 5.41) is 0. The number of fused-ring (bicyclic) bond motifs is 6. The van der Waals surface area contributed by atoms with Crippen molar-refractivity contribution >= 4 is 55.4 Å². The zero-order valence-electron chi connectivity index (χ0n) is 25.3. The van der Waals surface area contributed by atoms with E-state index in [1.165, 1.54) is 16.7 Å². The van der Waals surface area contributed by atoms with Crippen molar-refractivity contribution in [3.8, 4) is 0 Å². The molecule has 0 aromatic heterocycles. The highest BCUT2D eigenvalue weighted by molar-refractivity contribution is 9.10. The molecule has 6 rings (SSSR count). The summed E-state index contributed by atoms with van der Waals surface area (Å²) in [7, 11) is 0. The number of Topliss-reactive ketones (excluding diaryl/α,β-unsaturated/α-hetero) is 2. The van der Waals surface area contributed by atoms with Gasteiger partial charge in [0.2, 0.25) is 0 Å². The molecule has 4 heterocycles. The molecule has 0 bridgehead atoms. The molecule has 44 heavy (non-hydrogen) atoms. The van der Waals surface area contributed by atoms with Gasteiger partial charge in [-0.15, -0.1) is 0 Å². The normalized spacial score (nSPS) is 23.5. The van der Waals surface area contributed by atoms with Crippen molar-refractivity contribution < 1.29 is 28.7 Å². The Bertz CT molecular complexity index is 1560. The average Bonchev–Trinajstić information content (AvgIpc) is 2.97. The standard InChI is InChI=1S/2C17H18BrNO3/c1-3-22-17(21)14-9-19-10(2)6-11-7-12(18)4-5-13(11)15(19)8-16(14)20;1-3-22-17(21)12-9-19-10(2)7-11-5-4-6-13(18)16(11)14(19)8-15(12)20/h4-5,7,9-10,15H,3,6,8H2,1-2H3;4-6,9-10,14H,3,7-8H2,1-2H3. The Morgan fingerprint density at radius 3 is 1.91 bits per heavy atom. The lowest BCUT2D eigenvalue weighted by Gasteiger charge is -2.44. The molecule has 0 aliphatic carbocycles. The molecule has 8 nitrogen and oxygen atoms in total. The van der Waals surface area contributed by atoms with E-state index in [4.69, 9.17) is 9.47 Å². The van der Waals surface area contributed by atoms with Crippen LogP contribution >= 0.6 is 31.9 Å². The lowest BCUT2D eigenvalue weighted by Crippen LogP contribution is -2.43. The summed E-state index contributed by atoms with van der Waals surface area (Å²) in [4.78, 5) is 52.9. The number of benzene rings is 2. The predicted octanol–water partition coefficient (Wildman–Crippen LogP) is 6.31. The van der Waals surface area contributed by atoms with Crippen molar-refractivity contribution in [1.29, 1.82) is 0 Å². The van der Waals surface area contributed by atoms with Crippen molar-refractivity contribution in [1.82, 2.24) is 9.80 Å². The number of halogens is 2. The molecule has 0 amide bonds. The van der Waals surface area contributed by atoms with E-state index in [1.54, 1.807) is 26.2 Å². The Balaban J connectivity index is 0.000000175. The summed E-state index contributed by atoms with van der Waals surface area (Å²) < 4.78 is 12.1. The molecule has 0 radical (unpaired) electrons. The third-order valence-electron chi connectivity index (χ3n) is 8.61. The maximum Gasteiger partial charge on any atom is 0.343 e. The monoisotopic (exact) mass is 726 g/mol. The summed E-state index contributed by atoms with van der Waals surface area (Å²) >= 11 is 7.10. The number of ether oxygens (including phenoxy) is 2. The molecule has 4 atom stereocenters. The summed E-state index contributed by atoms with van der Waals surface area (Å²) in [6.45, 7) is 8.27. The number of nitrogens with zero attached hydrogens (tertiary/aromatic N) is 2. The van der Waals surface area contributed by atoms with Crippen LogP contribution in [0.1, 0.15) is 74.9 Å². The van der Waals surface area contributed by atoms with Gasteiger partial charge >= 0.3 is 11.9 Å². The molecular formula is C34H36Br2N2O6. The molecule has 0 saturated heterocycles. The van der Waals surface area contributed by atoms with Crippen LogP contribution in [0.25, 0.3) is 0 Å². The van der Waals surface area contributed by atoms with Gasteiger partial charge in [0.1, 0.15) is 11.1 Å². The molecule has 2 aromatic rings. The average molecular weight is 728 g/mol. The summed E-state index contributed by atoms with van der Waals surface area (Å²) in [6.07, 6.45) is 5.82. The second kappa shape index (κ2) is 13.4. The first kappa shape index (κ1) is 32.2. The Kier molecular flexibility index (Phi) is 9.80. The van der Waals surface area contributed by atoms with Crippen LogP contribution in [0.3, 0.4) is 0 Å². The van der Waals surface area contributed by atoms with Gasteiger partial charge in [-0.05, 0) is 81.0 Å². The van der Waals surface area contributed by atoms with Crippen molar-refractivity contribution in [2.45, 2.75) is 77.5 Å². The Labute approximate surface area is 274 Å². The van der Waals surface area contributed by atoms with Crippen LogP contribution in [0, 0.1) is 0 Å². The van der Waals surface area contributed by atoms with Crippen LogP contribution in [0.2, 0.25) is 0 Å². The largest absolute Gasteiger partial charge is 0.462 e. The topological polar surface area (TPSA) is 93.2 Å². The molecular weight excluding hydrogens is 692 g/mol. The zero-order chi connectivity index (χ0) is 31.7. The number of carbonyl (C=O) groups is 4. The quantitative estimate of drug-likeness (QED) is 0.267. The summed E-state index contributed by atoms with van der Waals surface area (Å²) in [5.41, 5.74) is 5.21. The van der Waals surface area contributed by atoms with Gasteiger partial charge in [0.05, 0.1) is 25.3 Å². The highest BCUT2D eigenvalue weighted by Gasteiger charge is 2.40. The lowest BCUT2D eigenvalue weighted by atomic mass is 9.83. The summed E-state index contributed by atoms with van der Waals surface area (Å²) in [6, 6.07) is 12.8. The van der Waals surface area contributed by atoms with Gasteiger partial charge in [-0.3, -0.25) is 9.59 Å². The molecule has 4 aliphatic rings. The van der Waals surface area contributed by atoms with Gasteiger partial charge < -0.3 is 19.3 Å². The zero-order valence-corrected chi connectivity index (χ0v) is 28.4. The van der Waals surface area contributed by atoms with Gasteiger partial charge in [-0.2, -0.15) is 0 Å². The maximum atomic E-state index is 12.4. The van der Waals surface area contributed by atoms with Crippen LogP contribution < -0.4 is 0 Å². The molecule has 0 spiro atoms. The van der Waals surface area contributed by atoms with Gasteiger partial charge in [-0.1, -0.05) is 50.1 Å². The molecule has 4 unspecified atom stereocenters. The molecule has 0 saturated carbocycles. The Morgan fingerprint density at radius 2 is 1.32 bits per heavy atom. The van der Waals surface area contributed by atoms with Gasteiger partial charge in [-0.25, -0.2) is 9.59 Å². The first-order valence-corrected chi connectivity index (χ1v) is 16.6. The van der Waals surface area contributed by atoms with Crippen LogP contribution in [-0.2, 0) is 41.5 Å². The van der Waals surface area contributed by atoms with Crippen molar-refractivity contribution in [3.63, 3.8) is 0 Å². The minimum atomic E-state index is -0.518. The fourth-order valence-electron chi connectivity index (χ4n) is 6.60.